The molecule has 0 aliphatic carbocycles. The van der Waals surface area contributed by atoms with Crippen LogP contribution in [0.1, 0.15) is 20.3 Å². The predicted octanol–water partition coefficient (Wildman–Crippen LogP) is 0.601. The molecule has 0 atom stereocenters. The molecular weight excluding hydrogens is 206 g/mol. The lowest BCUT2D eigenvalue weighted by atomic mass is 9.90. The van der Waals surface area contributed by atoms with Crippen molar-refractivity contribution in [1.82, 2.24) is 9.55 Å². The monoisotopic (exact) mass is 225 g/mol. The van der Waals surface area contributed by atoms with Crippen molar-refractivity contribution in [3.8, 4) is 0 Å². The fourth-order valence-corrected chi connectivity index (χ4v) is 1.33. The van der Waals surface area contributed by atoms with Gasteiger partial charge in [-0.1, -0.05) is 13.8 Å². The van der Waals surface area contributed by atoms with Crippen molar-refractivity contribution >= 4 is 5.82 Å². The van der Waals surface area contributed by atoms with Crippen LogP contribution in [0.15, 0.2) is 17.2 Å². The van der Waals surface area contributed by atoms with Crippen LogP contribution in [0.2, 0.25) is 0 Å². The number of hydrogen-bond donors (Lipinski definition) is 2. The Hall–Kier alpha value is -1.36. The van der Waals surface area contributed by atoms with E-state index in [0.717, 1.165) is 0 Å². The second-order valence-electron chi connectivity index (χ2n) is 4.68. The first-order valence-electron chi connectivity index (χ1n) is 5.33. The van der Waals surface area contributed by atoms with Gasteiger partial charge in [0.05, 0.1) is 0 Å². The van der Waals surface area contributed by atoms with Gasteiger partial charge in [0.2, 0.25) is 0 Å². The molecule has 16 heavy (non-hydrogen) atoms. The molecule has 0 saturated heterocycles. The summed E-state index contributed by atoms with van der Waals surface area (Å²) in [6, 6.07) is 0. The first kappa shape index (κ1) is 12.7. The van der Waals surface area contributed by atoms with Crippen molar-refractivity contribution in [2.75, 3.05) is 18.5 Å². The smallest absolute Gasteiger partial charge is 0.293 e. The molecule has 0 aliphatic rings. The normalized spacial score (nSPS) is 11.5. The van der Waals surface area contributed by atoms with Gasteiger partial charge in [-0.3, -0.25) is 4.79 Å². The van der Waals surface area contributed by atoms with E-state index in [0.29, 0.717) is 18.8 Å². The molecule has 0 radical (unpaired) electrons. The number of aromatic nitrogens is 2. The minimum absolute atomic E-state index is 0.0583. The molecule has 0 unspecified atom stereocenters. The molecule has 1 heterocycles. The quantitative estimate of drug-likeness (QED) is 0.770. The predicted molar refractivity (Wildman–Crippen MR) is 63.5 cm³/mol. The highest BCUT2D eigenvalue weighted by Gasteiger charge is 2.17. The number of aryl methyl sites for hydroxylation is 1. The molecule has 0 bridgehead atoms. The van der Waals surface area contributed by atoms with Gasteiger partial charge < -0.3 is 15.0 Å². The fourth-order valence-electron chi connectivity index (χ4n) is 1.33. The van der Waals surface area contributed by atoms with Gasteiger partial charge in [0, 0.05) is 32.6 Å². The van der Waals surface area contributed by atoms with E-state index in [2.05, 4.69) is 10.3 Å². The van der Waals surface area contributed by atoms with Crippen LogP contribution in [0.25, 0.3) is 0 Å². The van der Waals surface area contributed by atoms with Crippen molar-refractivity contribution in [3.63, 3.8) is 0 Å². The number of aliphatic hydroxyl groups is 1. The van der Waals surface area contributed by atoms with E-state index in [9.17, 15) is 4.79 Å². The third kappa shape index (κ3) is 3.34. The molecule has 0 amide bonds. The Morgan fingerprint density at radius 3 is 2.88 bits per heavy atom. The summed E-state index contributed by atoms with van der Waals surface area (Å²) in [5.41, 5.74) is -0.195. The number of nitrogens with one attached hydrogen (secondary N) is 1. The van der Waals surface area contributed by atoms with Gasteiger partial charge in [-0.2, -0.15) is 0 Å². The molecule has 90 valence electrons. The highest BCUT2D eigenvalue weighted by atomic mass is 16.3. The minimum Gasteiger partial charge on any atom is -0.396 e. The number of nitrogens with zero attached hydrogens (tertiary/aromatic N) is 2. The van der Waals surface area contributed by atoms with E-state index in [4.69, 9.17) is 5.11 Å². The lowest BCUT2D eigenvalue weighted by molar-refractivity contribution is 0.220. The van der Waals surface area contributed by atoms with Gasteiger partial charge in [0.1, 0.15) is 0 Å². The summed E-state index contributed by atoms with van der Waals surface area (Å²) < 4.78 is 1.48. The van der Waals surface area contributed by atoms with E-state index < -0.39 is 0 Å². The molecule has 1 rings (SSSR count). The lowest BCUT2D eigenvalue weighted by Gasteiger charge is -2.23. The van der Waals surface area contributed by atoms with Crippen molar-refractivity contribution in [2.45, 2.75) is 20.3 Å². The molecule has 0 fully saturated rings. The second-order valence-corrected chi connectivity index (χ2v) is 4.68. The fraction of sp³-hybridized carbons (Fsp3) is 0.636. The van der Waals surface area contributed by atoms with Crippen LogP contribution in [0.3, 0.4) is 0 Å². The second kappa shape index (κ2) is 5.12. The maximum Gasteiger partial charge on any atom is 0.293 e. The molecule has 0 saturated carbocycles. The maximum atomic E-state index is 11.6. The number of anilines is 1. The van der Waals surface area contributed by atoms with Gasteiger partial charge in [0.15, 0.2) is 5.82 Å². The largest absolute Gasteiger partial charge is 0.396 e. The zero-order valence-electron chi connectivity index (χ0n) is 10.0. The first-order valence-corrected chi connectivity index (χ1v) is 5.33. The van der Waals surface area contributed by atoms with Crippen molar-refractivity contribution in [1.29, 1.82) is 0 Å². The maximum absolute atomic E-state index is 11.6. The number of rotatable bonds is 5. The molecule has 0 aromatic carbocycles. The van der Waals surface area contributed by atoms with Gasteiger partial charge in [-0.05, 0) is 11.8 Å². The van der Waals surface area contributed by atoms with E-state index in [1.54, 1.807) is 19.4 Å². The summed E-state index contributed by atoms with van der Waals surface area (Å²) in [6.07, 6.45) is 3.89. The summed E-state index contributed by atoms with van der Waals surface area (Å²) in [7, 11) is 1.69. The van der Waals surface area contributed by atoms with Crippen molar-refractivity contribution in [2.24, 2.45) is 12.5 Å². The third-order valence-electron chi connectivity index (χ3n) is 2.54. The zero-order valence-corrected chi connectivity index (χ0v) is 10.0. The average Bonchev–Trinajstić information content (AvgIpc) is 2.20. The Morgan fingerprint density at radius 2 is 2.25 bits per heavy atom. The van der Waals surface area contributed by atoms with E-state index in [1.165, 1.54) is 4.57 Å². The van der Waals surface area contributed by atoms with Gasteiger partial charge in [-0.25, -0.2) is 4.98 Å². The number of hydrogen-bond acceptors (Lipinski definition) is 4. The summed E-state index contributed by atoms with van der Waals surface area (Å²) in [6.45, 7) is 4.82. The Kier molecular flexibility index (Phi) is 4.06. The Bertz CT molecular complexity index is 398. The van der Waals surface area contributed by atoms with Crippen LogP contribution in [0.4, 0.5) is 5.82 Å². The topological polar surface area (TPSA) is 67.2 Å². The Morgan fingerprint density at radius 1 is 1.56 bits per heavy atom. The van der Waals surface area contributed by atoms with Gasteiger partial charge in [0.25, 0.3) is 5.56 Å². The molecule has 5 heteroatoms. The highest BCUT2D eigenvalue weighted by Crippen LogP contribution is 2.19. The first-order chi connectivity index (χ1) is 7.46. The van der Waals surface area contributed by atoms with Crippen molar-refractivity contribution < 1.29 is 5.11 Å². The molecule has 2 N–H and O–H groups in total. The van der Waals surface area contributed by atoms with E-state index in [1.807, 2.05) is 13.8 Å². The Balaban J connectivity index is 2.68. The van der Waals surface area contributed by atoms with Crippen molar-refractivity contribution in [3.05, 3.63) is 22.7 Å². The molecule has 1 aromatic rings. The minimum atomic E-state index is -0.137. The molecule has 0 spiro atoms. The van der Waals surface area contributed by atoms with Gasteiger partial charge in [-0.15, -0.1) is 0 Å². The summed E-state index contributed by atoms with van der Waals surface area (Å²) in [5, 5.41) is 11.9. The molecule has 5 nitrogen and oxygen atoms in total. The zero-order chi connectivity index (χ0) is 12.2. The summed E-state index contributed by atoms with van der Waals surface area (Å²) >= 11 is 0. The highest BCUT2D eigenvalue weighted by molar-refractivity contribution is 5.30. The Labute approximate surface area is 95.1 Å². The SMILES string of the molecule is Cn1ccnc(NCC(C)(C)CCO)c1=O. The lowest BCUT2D eigenvalue weighted by Crippen LogP contribution is -2.29. The molecule has 0 aliphatic heterocycles. The van der Waals surface area contributed by atoms with Crippen LogP contribution in [-0.2, 0) is 7.05 Å². The summed E-state index contributed by atoms with van der Waals surface area (Å²) in [4.78, 5) is 15.6. The van der Waals surface area contributed by atoms with E-state index >= 15 is 0 Å². The summed E-state index contributed by atoms with van der Waals surface area (Å²) in [5.74, 6) is 0.357. The molecular formula is C11H19N3O2. The van der Waals surface area contributed by atoms with Crippen LogP contribution in [0, 0.1) is 5.41 Å². The van der Waals surface area contributed by atoms with Crippen LogP contribution in [0.5, 0.6) is 0 Å². The third-order valence-corrected chi connectivity index (χ3v) is 2.54. The molecule has 1 aromatic heterocycles. The van der Waals surface area contributed by atoms with Crippen LogP contribution in [-0.4, -0.2) is 27.8 Å². The van der Waals surface area contributed by atoms with Crippen LogP contribution >= 0.6 is 0 Å². The van der Waals surface area contributed by atoms with E-state index in [-0.39, 0.29) is 17.6 Å². The average molecular weight is 225 g/mol. The van der Waals surface area contributed by atoms with Gasteiger partial charge >= 0.3 is 0 Å². The standard InChI is InChI=1S/C11H19N3O2/c1-11(2,4-7-15)8-13-9-10(16)14(3)6-5-12-9/h5-6,15H,4,7-8H2,1-3H3,(H,12,13). The van der Waals surface area contributed by atoms with Crippen LogP contribution < -0.4 is 10.9 Å². The number of aliphatic hydroxyl groups excluding tert-OH is 1.